The average Bonchev–Trinajstić information content (AvgIpc) is 3.29. The molecule has 1 aliphatic rings. The van der Waals surface area contributed by atoms with E-state index in [0.717, 1.165) is 41.2 Å². The number of hydrogen-bond donors (Lipinski definition) is 1. The molecule has 2 heterocycles. The van der Waals surface area contributed by atoms with Gasteiger partial charge in [0.25, 0.3) is 0 Å². The quantitative estimate of drug-likeness (QED) is 0.687. The first-order valence-corrected chi connectivity index (χ1v) is 10.7. The van der Waals surface area contributed by atoms with Crippen LogP contribution in [0.25, 0.3) is 10.6 Å². The fraction of sp³-hybridized carbons (Fsp3) is 0.300. The largest absolute Gasteiger partial charge is 0.302 e. The number of nitrogens with zero attached hydrogens (tertiary/aromatic N) is 2. The predicted molar refractivity (Wildman–Crippen MR) is 109 cm³/mol. The van der Waals surface area contributed by atoms with Gasteiger partial charge in [0.1, 0.15) is 5.01 Å². The van der Waals surface area contributed by atoms with Crippen LogP contribution in [0.5, 0.6) is 0 Å². The number of benzene rings is 1. The summed E-state index contributed by atoms with van der Waals surface area (Å²) in [6.07, 6.45) is 3.42. The Labute approximate surface area is 165 Å². The fourth-order valence-electron chi connectivity index (χ4n) is 3.05. The number of hydrogen-bond acceptors (Lipinski definition) is 6. The predicted octanol–water partition coefficient (Wildman–Crippen LogP) is 4.53. The van der Waals surface area contributed by atoms with Crippen molar-refractivity contribution in [1.82, 2.24) is 9.97 Å². The maximum atomic E-state index is 12.3. The highest BCUT2D eigenvalue weighted by Gasteiger charge is 2.23. The standard InChI is InChI=1S/C20H19N3O2S2/c1-2-12-6-8-13(9-7-12)19-21-14(11-26-19)10-17(25)23-20-22-15-4-3-5-16(24)18(15)27-20/h6-9,11H,2-5,10H2,1H3,(H,22,23,25). The average molecular weight is 398 g/mol. The number of aromatic nitrogens is 2. The van der Waals surface area contributed by atoms with Crippen LogP contribution >= 0.6 is 22.7 Å². The van der Waals surface area contributed by atoms with Crippen molar-refractivity contribution in [3.63, 3.8) is 0 Å². The fourth-order valence-corrected chi connectivity index (χ4v) is 4.88. The molecule has 5 nitrogen and oxygen atoms in total. The normalized spacial score (nSPS) is 13.4. The second-order valence-corrected chi connectivity index (χ2v) is 8.35. The topological polar surface area (TPSA) is 72.0 Å². The van der Waals surface area contributed by atoms with Crippen LogP contribution in [0.15, 0.2) is 29.6 Å². The minimum atomic E-state index is -0.160. The third-order valence-corrected chi connectivity index (χ3v) is 6.51. The third kappa shape index (κ3) is 3.99. The van der Waals surface area contributed by atoms with Crippen LogP contribution in [0.1, 0.15) is 46.4 Å². The van der Waals surface area contributed by atoms with Gasteiger partial charge in [0.15, 0.2) is 10.9 Å². The molecule has 4 rings (SSSR count). The van der Waals surface area contributed by atoms with Gasteiger partial charge in [0.2, 0.25) is 5.91 Å². The first-order chi connectivity index (χ1) is 13.1. The van der Waals surface area contributed by atoms with Crippen LogP contribution in [0.2, 0.25) is 0 Å². The van der Waals surface area contributed by atoms with Crippen LogP contribution in [0.3, 0.4) is 0 Å². The Hall–Kier alpha value is -2.38. The number of Topliss-reactive ketones (excluding diaryl/α,β-unsaturated/α-hetero) is 1. The Balaban J connectivity index is 1.41. The lowest BCUT2D eigenvalue weighted by molar-refractivity contribution is -0.115. The molecular weight excluding hydrogens is 378 g/mol. The number of rotatable bonds is 5. The van der Waals surface area contributed by atoms with Crippen LogP contribution < -0.4 is 5.32 Å². The van der Waals surface area contributed by atoms with Gasteiger partial charge in [-0.3, -0.25) is 9.59 Å². The minimum absolute atomic E-state index is 0.132. The summed E-state index contributed by atoms with van der Waals surface area (Å²) in [4.78, 5) is 33.9. The molecule has 0 saturated carbocycles. The summed E-state index contributed by atoms with van der Waals surface area (Å²) >= 11 is 2.82. The number of thiazole rings is 2. The van der Waals surface area contributed by atoms with Crippen molar-refractivity contribution in [3.05, 3.63) is 51.5 Å². The number of anilines is 1. The number of fused-ring (bicyclic) bond motifs is 1. The lowest BCUT2D eigenvalue weighted by atomic mass is 10.0. The molecule has 1 N–H and O–H groups in total. The second kappa shape index (κ2) is 7.70. The van der Waals surface area contributed by atoms with Gasteiger partial charge in [-0.05, 0) is 24.8 Å². The lowest BCUT2D eigenvalue weighted by Crippen LogP contribution is -2.14. The minimum Gasteiger partial charge on any atom is -0.302 e. The summed E-state index contributed by atoms with van der Waals surface area (Å²) in [7, 11) is 0. The van der Waals surface area contributed by atoms with Gasteiger partial charge in [0, 0.05) is 17.4 Å². The van der Waals surface area contributed by atoms with E-state index in [1.165, 1.54) is 28.2 Å². The van der Waals surface area contributed by atoms with Crippen LogP contribution in [-0.2, 0) is 24.1 Å². The maximum absolute atomic E-state index is 12.3. The first kappa shape index (κ1) is 18.0. The SMILES string of the molecule is CCc1ccc(-c2nc(CC(=O)Nc3nc4c(s3)C(=O)CCC4)cs2)cc1. The van der Waals surface area contributed by atoms with Gasteiger partial charge < -0.3 is 5.32 Å². The van der Waals surface area contributed by atoms with E-state index in [1.807, 2.05) is 5.38 Å². The molecule has 0 aliphatic heterocycles. The molecule has 0 spiro atoms. The molecular formula is C20H19N3O2S2. The van der Waals surface area contributed by atoms with E-state index in [0.29, 0.717) is 16.4 Å². The molecule has 0 fully saturated rings. The van der Waals surface area contributed by atoms with Crippen molar-refractivity contribution in [2.75, 3.05) is 5.32 Å². The summed E-state index contributed by atoms with van der Waals surface area (Å²) in [5.74, 6) is -0.0285. The van der Waals surface area contributed by atoms with Gasteiger partial charge in [-0.15, -0.1) is 11.3 Å². The number of nitrogens with one attached hydrogen (secondary N) is 1. The molecule has 2 aromatic heterocycles. The number of carbonyl (C=O) groups is 2. The number of ketones is 1. The van der Waals surface area contributed by atoms with Gasteiger partial charge in [-0.25, -0.2) is 9.97 Å². The highest BCUT2D eigenvalue weighted by Crippen LogP contribution is 2.30. The highest BCUT2D eigenvalue weighted by molar-refractivity contribution is 7.17. The van der Waals surface area contributed by atoms with E-state index in [-0.39, 0.29) is 18.1 Å². The van der Waals surface area contributed by atoms with Gasteiger partial charge >= 0.3 is 0 Å². The van der Waals surface area contributed by atoms with E-state index < -0.39 is 0 Å². The molecule has 7 heteroatoms. The summed E-state index contributed by atoms with van der Waals surface area (Å²) in [6, 6.07) is 8.35. The second-order valence-electron chi connectivity index (χ2n) is 6.49. The zero-order chi connectivity index (χ0) is 18.8. The van der Waals surface area contributed by atoms with Crippen LogP contribution in [-0.4, -0.2) is 21.7 Å². The molecule has 0 bridgehead atoms. The van der Waals surface area contributed by atoms with Gasteiger partial charge in [-0.2, -0.15) is 0 Å². The van der Waals surface area contributed by atoms with Crippen molar-refractivity contribution in [3.8, 4) is 10.6 Å². The molecule has 1 aliphatic carbocycles. The zero-order valence-electron chi connectivity index (χ0n) is 14.9. The lowest BCUT2D eigenvalue weighted by Gasteiger charge is -2.05. The van der Waals surface area contributed by atoms with Crippen LogP contribution in [0, 0.1) is 0 Å². The molecule has 0 atom stereocenters. The summed E-state index contributed by atoms with van der Waals surface area (Å²) in [6.45, 7) is 2.13. The number of carbonyl (C=O) groups excluding carboxylic acids is 2. The van der Waals surface area contributed by atoms with Crippen molar-refractivity contribution in [1.29, 1.82) is 0 Å². The molecule has 0 radical (unpaired) electrons. The molecule has 1 amide bonds. The van der Waals surface area contributed by atoms with E-state index in [4.69, 9.17) is 0 Å². The molecule has 0 unspecified atom stereocenters. The van der Waals surface area contributed by atoms with E-state index in [1.54, 1.807) is 0 Å². The highest BCUT2D eigenvalue weighted by atomic mass is 32.1. The van der Waals surface area contributed by atoms with Crippen LogP contribution in [0.4, 0.5) is 5.13 Å². The van der Waals surface area contributed by atoms with Crippen molar-refractivity contribution < 1.29 is 9.59 Å². The summed E-state index contributed by atoms with van der Waals surface area (Å²) in [5, 5.41) is 6.15. The molecule has 138 valence electrons. The molecule has 3 aromatic rings. The Kier molecular flexibility index (Phi) is 5.13. The van der Waals surface area contributed by atoms with E-state index in [9.17, 15) is 9.59 Å². The summed E-state index contributed by atoms with van der Waals surface area (Å²) < 4.78 is 0. The van der Waals surface area contributed by atoms with Crippen molar-refractivity contribution in [2.24, 2.45) is 0 Å². The Bertz CT molecular complexity index is 989. The van der Waals surface area contributed by atoms with Crippen molar-refractivity contribution in [2.45, 2.75) is 39.0 Å². The van der Waals surface area contributed by atoms with Gasteiger partial charge in [-0.1, -0.05) is 42.5 Å². The Morgan fingerprint density at radius 1 is 1.19 bits per heavy atom. The number of amides is 1. The number of aryl methyl sites for hydroxylation is 2. The van der Waals surface area contributed by atoms with Gasteiger partial charge in [0.05, 0.1) is 22.7 Å². The summed E-state index contributed by atoms with van der Waals surface area (Å²) in [5.41, 5.74) is 3.91. The maximum Gasteiger partial charge on any atom is 0.232 e. The van der Waals surface area contributed by atoms with Crippen molar-refractivity contribution >= 4 is 39.5 Å². The monoisotopic (exact) mass is 397 g/mol. The zero-order valence-corrected chi connectivity index (χ0v) is 16.6. The smallest absolute Gasteiger partial charge is 0.232 e. The molecule has 27 heavy (non-hydrogen) atoms. The first-order valence-electron chi connectivity index (χ1n) is 8.99. The Morgan fingerprint density at radius 2 is 2.00 bits per heavy atom. The third-order valence-electron chi connectivity index (χ3n) is 4.52. The molecule has 1 aromatic carbocycles. The van der Waals surface area contributed by atoms with E-state index >= 15 is 0 Å². The molecule has 0 saturated heterocycles. The van der Waals surface area contributed by atoms with E-state index in [2.05, 4.69) is 46.5 Å². The Morgan fingerprint density at radius 3 is 2.74 bits per heavy atom.